The maximum absolute atomic E-state index is 10.3. The lowest BCUT2D eigenvalue weighted by molar-refractivity contribution is 0.452. The van der Waals surface area contributed by atoms with Crippen molar-refractivity contribution in [2.75, 3.05) is 25.0 Å². The summed E-state index contributed by atoms with van der Waals surface area (Å²) in [6, 6.07) is 6.30. The molecule has 118 valence electrons. The summed E-state index contributed by atoms with van der Waals surface area (Å²) in [6.45, 7) is 6.33. The number of aromatic hydroxyl groups is 1. The Morgan fingerprint density at radius 3 is 2.67 bits per heavy atom. The van der Waals surface area contributed by atoms with Crippen molar-refractivity contribution in [3.8, 4) is 5.75 Å². The van der Waals surface area contributed by atoms with Gasteiger partial charge < -0.3 is 15.3 Å². The fourth-order valence-corrected chi connectivity index (χ4v) is 3.29. The van der Waals surface area contributed by atoms with E-state index in [1.54, 1.807) is 0 Å². The van der Waals surface area contributed by atoms with Gasteiger partial charge in [-0.1, -0.05) is 25.8 Å². The highest BCUT2D eigenvalue weighted by molar-refractivity contribution is 5.53. The van der Waals surface area contributed by atoms with Crippen molar-refractivity contribution in [3.05, 3.63) is 23.8 Å². The predicted octanol–water partition coefficient (Wildman–Crippen LogP) is 4.08. The summed E-state index contributed by atoms with van der Waals surface area (Å²) in [5.41, 5.74) is 2.10. The molecular weight excluding hydrogens is 260 g/mol. The first-order chi connectivity index (χ1) is 10.1. The lowest BCUT2D eigenvalue weighted by Crippen LogP contribution is -2.24. The Bertz CT molecular complexity index is 441. The van der Waals surface area contributed by atoms with Crippen LogP contribution in [-0.2, 0) is 0 Å². The van der Waals surface area contributed by atoms with Gasteiger partial charge in [0.1, 0.15) is 5.75 Å². The number of nitrogens with zero attached hydrogens (tertiary/aromatic N) is 1. The third-order valence-electron chi connectivity index (χ3n) is 4.63. The number of rotatable bonds is 7. The summed E-state index contributed by atoms with van der Waals surface area (Å²) in [7, 11) is 2.13. The Hall–Kier alpha value is -1.22. The Morgan fingerprint density at radius 2 is 2.05 bits per heavy atom. The van der Waals surface area contributed by atoms with Crippen LogP contribution in [0.2, 0.25) is 0 Å². The number of benzene rings is 1. The van der Waals surface area contributed by atoms with Gasteiger partial charge in [-0.25, -0.2) is 0 Å². The summed E-state index contributed by atoms with van der Waals surface area (Å²) < 4.78 is 0. The molecule has 0 radical (unpaired) electrons. The standard InChI is InChI=1S/C18H30N2O/c1-4-11-19-14(2)17-10-9-16(12-18(17)21)20(3)13-15-7-5-6-8-15/h9-10,12,14-15,19,21H,4-8,11,13H2,1-3H3. The second-order valence-corrected chi connectivity index (χ2v) is 6.45. The smallest absolute Gasteiger partial charge is 0.122 e. The Labute approximate surface area is 129 Å². The normalized spacial score (nSPS) is 17.1. The molecule has 1 fully saturated rings. The summed E-state index contributed by atoms with van der Waals surface area (Å²) in [6.07, 6.45) is 6.57. The van der Waals surface area contributed by atoms with Gasteiger partial charge in [0.25, 0.3) is 0 Å². The van der Waals surface area contributed by atoms with Gasteiger partial charge in [0.2, 0.25) is 0 Å². The zero-order valence-corrected chi connectivity index (χ0v) is 13.7. The average molecular weight is 290 g/mol. The Kier molecular flexibility index (Phi) is 5.92. The minimum absolute atomic E-state index is 0.194. The van der Waals surface area contributed by atoms with Crippen LogP contribution < -0.4 is 10.2 Å². The number of phenols is 1. The summed E-state index contributed by atoms with van der Waals surface area (Å²) in [5, 5.41) is 13.7. The number of nitrogens with one attached hydrogen (secondary N) is 1. The zero-order valence-electron chi connectivity index (χ0n) is 13.7. The summed E-state index contributed by atoms with van der Waals surface area (Å²) in [5.74, 6) is 1.23. The molecule has 1 aromatic carbocycles. The highest BCUT2D eigenvalue weighted by Crippen LogP contribution is 2.31. The van der Waals surface area contributed by atoms with Crippen LogP contribution in [0.4, 0.5) is 5.69 Å². The van der Waals surface area contributed by atoms with Gasteiger partial charge in [-0.3, -0.25) is 0 Å². The third-order valence-corrected chi connectivity index (χ3v) is 4.63. The quantitative estimate of drug-likeness (QED) is 0.794. The molecule has 1 unspecified atom stereocenters. The van der Waals surface area contributed by atoms with Crippen LogP contribution in [0.3, 0.4) is 0 Å². The van der Waals surface area contributed by atoms with E-state index in [-0.39, 0.29) is 6.04 Å². The van der Waals surface area contributed by atoms with Crippen molar-refractivity contribution >= 4 is 5.69 Å². The van der Waals surface area contributed by atoms with E-state index in [1.165, 1.54) is 25.7 Å². The summed E-state index contributed by atoms with van der Waals surface area (Å²) in [4.78, 5) is 2.28. The second-order valence-electron chi connectivity index (χ2n) is 6.45. The molecule has 0 amide bonds. The molecule has 1 aliphatic carbocycles. The second kappa shape index (κ2) is 7.69. The van der Waals surface area contributed by atoms with Crippen molar-refractivity contribution in [1.82, 2.24) is 5.32 Å². The van der Waals surface area contributed by atoms with Gasteiger partial charge in [-0.15, -0.1) is 0 Å². The third kappa shape index (κ3) is 4.37. The molecule has 1 aliphatic rings. The van der Waals surface area contributed by atoms with Crippen LogP contribution in [0.15, 0.2) is 18.2 Å². The molecule has 0 saturated heterocycles. The topological polar surface area (TPSA) is 35.5 Å². The molecule has 0 spiro atoms. The average Bonchev–Trinajstić information content (AvgIpc) is 2.97. The van der Waals surface area contributed by atoms with Crippen molar-refractivity contribution < 1.29 is 5.11 Å². The van der Waals surface area contributed by atoms with Crippen molar-refractivity contribution in [1.29, 1.82) is 0 Å². The number of phenolic OH excluding ortho intramolecular Hbond substituents is 1. The Morgan fingerprint density at radius 1 is 1.33 bits per heavy atom. The minimum Gasteiger partial charge on any atom is -0.508 e. The molecule has 0 aliphatic heterocycles. The van der Waals surface area contributed by atoms with Gasteiger partial charge in [0, 0.05) is 37.0 Å². The van der Waals surface area contributed by atoms with Crippen molar-refractivity contribution in [2.24, 2.45) is 5.92 Å². The molecule has 2 N–H and O–H groups in total. The Balaban J connectivity index is 2.00. The molecule has 0 heterocycles. The molecule has 3 nitrogen and oxygen atoms in total. The highest BCUT2D eigenvalue weighted by atomic mass is 16.3. The van der Waals surface area contributed by atoms with E-state index in [1.807, 2.05) is 6.07 Å². The van der Waals surface area contributed by atoms with E-state index in [2.05, 4.69) is 43.2 Å². The fourth-order valence-electron chi connectivity index (χ4n) is 3.29. The molecule has 3 heteroatoms. The molecular formula is C18H30N2O. The molecule has 2 rings (SSSR count). The van der Waals surface area contributed by atoms with Crippen LogP contribution >= 0.6 is 0 Å². The van der Waals surface area contributed by atoms with Crippen LogP contribution in [0.5, 0.6) is 5.75 Å². The van der Waals surface area contributed by atoms with Crippen LogP contribution in [0, 0.1) is 5.92 Å². The molecule has 0 aromatic heterocycles. The molecule has 1 aromatic rings. The van der Waals surface area contributed by atoms with E-state index in [9.17, 15) is 5.11 Å². The van der Waals surface area contributed by atoms with Gasteiger partial charge in [0.15, 0.2) is 0 Å². The first-order valence-corrected chi connectivity index (χ1v) is 8.39. The summed E-state index contributed by atoms with van der Waals surface area (Å²) >= 11 is 0. The van der Waals surface area contributed by atoms with E-state index < -0.39 is 0 Å². The van der Waals surface area contributed by atoms with E-state index >= 15 is 0 Å². The van der Waals surface area contributed by atoms with Gasteiger partial charge >= 0.3 is 0 Å². The number of hydrogen-bond donors (Lipinski definition) is 2. The number of hydrogen-bond acceptors (Lipinski definition) is 3. The van der Waals surface area contributed by atoms with E-state index in [4.69, 9.17) is 0 Å². The van der Waals surface area contributed by atoms with Crippen LogP contribution in [-0.4, -0.2) is 25.2 Å². The number of anilines is 1. The van der Waals surface area contributed by atoms with Crippen LogP contribution in [0.1, 0.15) is 57.6 Å². The molecule has 0 bridgehead atoms. The molecule has 21 heavy (non-hydrogen) atoms. The minimum atomic E-state index is 0.194. The predicted molar refractivity (Wildman–Crippen MR) is 90.0 cm³/mol. The van der Waals surface area contributed by atoms with Crippen molar-refractivity contribution in [2.45, 2.75) is 52.0 Å². The highest BCUT2D eigenvalue weighted by Gasteiger charge is 2.18. The maximum Gasteiger partial charge on any atom is 0.122 e. The van der Waals surface area contributed by atoms with Crippen LogP contribution in [0.25, 0.3) is 0 Å². The lowest BCUT2D eigenvalue weighted by atomic mass is 10.0. The first kappa shape index (κ1) is 16.2. The van der Waals surface area contributed by atoms with Crippen molar-refractivity contribution in [3.63, 3.8) is 0 Å². The maximum atomic E-state index is 10.3. The first-order valence-electron chi connectivity index (χ1n) is 8.39. The molecule has 1 saturated carbocycles. The largest absolute Gasteiger partial charge is 0.508 e. The lowest BCUT2D eigenvalue weighted by Gasteiger charge is -2.24. The zero-order chi connectivity index (χ0) is 15.2. The fraction of sp³-hybridized carbons (Fsp3) is 0.667. The monoisotopic (exact) mass is 290 g/mol. The van der Waals surface area contributed by atoms with E-state index in [0.29, 0.717) is 5.75 Å². The van der Waals surface area contributed by atoms with Gasteiger partial charge in [-0.05, 0) is 44.7 Å². The van der Waals surface area contributed by atoms with Gasteiger partial charge in [-0.2, -0.15) is 0 Å². The molecule has 1 atom stereocenters. The SMILES string of the molecule is CCCNC(C)c1ccc(N(C)CC2CCCC2)cc1O. The van der Waals surface area contributed by atoms with E-state index in [0.717, 1.165) is 36.7 Å². The van der Waals surface area contributed by atoms with Gasteiger partial charge in [0.05, 0.1) is 0 Å².